The molecule has 0 bridgehead atoms. The number of carbonyl (C=O) groups excluding carboxylic acids is 1. The zero-order chi connectivity index (χ0) is 15.5. The smallest absolute Gasteiger partial charge is 0.410 e. The molecule has 1 heterocycles. The van der Waals surface area contributed by atoms with Crippen LogP contribution in [0.2, 0.25) is 0 Å². The maximum Gasteiger partial charge on any atom is 0.410 e. The largest absolute Gasteiger partial charge is 0.444 e. The van der Waals surface area contributed by atoms with Crippen LogP contribution in [0.4, 0.5) is 4.79 Å². The van der Waals surface area contributed by atoms with Crippen LogP contribution >= 0.6 is 0 Å². The van der Waals surface area contributed by atoms with Gasteiger partial charge in [0.15, 0.2) is 0 Å². The van der Waals surface area contributed by atoms with Crippen molar-refractivity contribution in [3.63, 3.8) is 0 Å². The first-order chi connectivity index (χ1) is 9.89. The Labute approximate surface area is 127 Å². The summed E-state index contributed by atoms with van der Waals surface area (Å²) in [7, 11) is 0. The fourth-order valence-corrected chi connectivity index (χ4v) is 3.06. The van der Waals surface area contributed by atoms with Gasteiger partial charge in [-0.3, -0.25) is 5.32 Å². The van der Waals surface area contributed by atoms with E-state index < -0.39 is 5.60 Å². The molecular formula is C16H27N3O2. The van der Waals surface area contributed by atoms with Crippen LogP contribution in [0.3, 0.4) is 0 Å². The molecule has 0 unspecified atom stereocenters. The molecule has 0 spiro atoms. The highest BCUT2D eigenvalue weighted by atomic mass is 16.6. The van der Waals surface area contributed by atoms with Gasteiger partial charge in [-0.15, -0.1) is 0 Å². The summed E-state index contributed by atoms with van der Waals surface area (Å²) in [6.07, 6.45) is 5.80. The van der Waals surface area contributed by atoms with Gasteiger partial charge < -0.3 is 9.64 Å². The number of likely N-dealkylation sites (tertiary alicyclic amines) is 1. The van der Waals surface area contributed by atoms with E-state index in [2.05, 4.69) is 11.4 Å². The van der Waals surface area contributed by atoms with Crippen molar-refractivity contribution in [1.82, 2.24) is 10.2 Å². The van der Waals surface area contributed by atoms with Crippen molar-refractivity contribution in [2.75, 3.05) is 13.1 Å². The SMILES string of the molecule is CC(C)(C)OC(=O)N1CC(N[C@@H](C#N)C2CCCCC2)C1. The zero-order valence-corrected chi connectivity index (χ0v) is 13.4. The summed E-state index contributed by atoms with van der Waals surface area (Å²) in [5.74, 6) is 0.472. The van der Waals surface area contributed by atoms with Gasteiger partial charge in [0.25, 0.3) is 0 Å². The lowest BCUT2D eigenvalue weighted by atomic mass is 9.84. The summed E-state index contributed by atoms with van der Waals surface area (Å²) in [6, 6.07) is 2.56. The molecule has 1 saturated carbocycles. The predicted molar refractivity (Wildman–Crippen MR) is 80.7 cm³/mol. The lowest BCUT2D eigenvalue weighted by Crippen LogP contribution is -2.63. The normalized spacial score (nSPS) is 22.3. The Morgan fingerprint density at radius 2 is 1.90 bits per heavy atom. The lowest BCUT2D eigenvalue weighted by molar-refractivity contribution is 0.00392. The quantitative estimate of drug-likeness (QED) is 0.869. The van der Waals surface area contributed by atoms with Crippen LogP contribution in [0.5, 0.6) is 0 Å². The van der Waals surface area contributed by atoms with E-state index in [0.29, 0.717) is 19.0 Å². The summed E-state index contributed by atoms with van der Waals surface area (Å²) in [6.45, 7) is 6.89. The Bertz CT molecular complexity index is 399. The third-order valence-electron chi connectivity index (χ3n) is 4.21. The number of nitrogens with one attached hydrogen (secondary N) is 1. The number of nitriles is 1. The summed E-state index contributed by atoms with van der Waals surface area (Å²) in [5.41, 5.74) is -0.452. The summed E-state index contributed by atoms with van der Waals surface area (Å²) in [5, 5.41) is 12.8. The molecule has 1 aliphatic heterocycles. The molecule has 1 N–H and O–H groups in total. The van der Waals surface area contributed by atoms with E-state index >= 15 is 0 Å². The molecule has 1 atom stereocenters. The molecular weight excluding hydrogens is 266 g/mol. The van der Waals surface area contributed by atoms with Crippen molar-refractivity contribution in [1.29, 1.82) is 5.26 Å². The lowest BCUT2D eigenvalue weighted by Gasteiger charge is -2.42. The van der Waals surface area contributed by atoms with Crippen molar-refractivity contribution in [2.24, 2.45) is 5.92 Å². The molecule has 0 aromatic carbocycles. The predicted octanol–water partition coefficient (Wildman–Crippen LogP) is 2.67. The van der Waals surface area contributed by atoms with E-state index in [1.54, 1.807) is 4.90 Å². The molecule has 0 aromatic heterocycles. The molecule has 2 aliphatic rings. The highest BCUT2D eigenvalue weighted by Gasteiger charge is 2.36. The average Bonchev–Trinajstić information content (AvgIpc) is 2.36. The van der Waals surface area contributed by atoms with Crippen molar-refractivity contribution >= 4 is 6.09 Å². The minimum atomic E-state index is -0.452. The number of ether oxygens (including phenoxy) is 1. The summed E-state index contributed by atoms with van der Waals surface area (Å²) >= 11 is 0. The van der Waals surface area contributed by atoms with Gasteiger partial charge in [-0.25, -0.2) is 4.79 Å². The standard InChI is InChI=1S/C16H27N3O2/c1-16(2,3)21-15(20)19-10-13(11-19)18-14(9-17)12-7-5-4-6-8-12/h12-14,18H,4-8,10-11H2,1-3H3/t14-/m0/s1. The second kappa shape index (κ2) is 6.65. The van der Waals surface area contributed by atoms with Gasteiger partial charge in [0.1, 0.15) is 5.60 Å². The number of nitrogens with zero attached hydrogens (tertiary/aromatic N) is 2. The number of carbonyl (C=O) groups is 1. The molecule has 1 aliphatic carbocycles. The van der Waals surface area contributed by atoms with Crippen molar-refractivity contribution in [3.8, 4) is 6.07 Å². The van der Waals surface area contributed by atoms with Crippen LogP contribution < -0.4 is 5.32 Å². The third-order valence-corrected chi connectivity index (χ3v) is 4.21. The first-order valence-corrected chi connectivity index (χ1v) is 8.02. The highest BCUT2D eigenvalue weighted by molar-refractivity contribution is 5.69. The minimum Gasteiger partial charge on any atom is -0.444 e. The van der Waals surface area contributed by atoms with E-state index in [1.165, 1.54) is 19.3 Å². The van der Waals surface area contributed by atoms with E-state index in [-0.39, 0.29) is 18.2 Å². The van der Waals surface area contributed by atoms with Crippen molar-refractivity contribution in [2.45, 2.75) is 70.6 Å². The molecule has 1 amide bonds. The fraction of sp³-hybridized carbons (Fsp3) is 0.875. The molecule has 21 heavy (non-hydrogen) atoms. The highest BCUT2D eigenvalue weighted by Crippen LogP contribution is 2.27. The monoisotopic (exact) mass is 293 g/mol. The number of hydrogen-bond acceptors (Lipinski definition) is 4. The van der Waals surface area contributed by atoms with E-state index in [9.17, 15) is 10.1 Å². The average molecular weight is 293 g/mol. The van der Waals surface area contributed by atoms with Crippen molar-refractivity contribution < 1.29 is 9.53 Å². The summed E-state index contributed by atoms with van der Waals surface area (Å²) < 4.78 is 5.33. The van der Waals surface area contributed by atoms with Crippen LogP contribution in [0, 0.1) is 17.2 Å². The van der Waals surface area contributed by atoms with Gasteiger partial charge in [-0.1, -0.05) is 19.3 Å². The van der Waals surface area contributed by atoms with Gasteiger partial charge in [0.05, 0.1) is 12.1 Å². The van der Waals surface area contributed by atoms with Gasteiger partial charge >= 0.3 is 6.09 Å². The first kappa shape index (κ1) is 16.1. The van der Waals surface area contributed by atoms with Gasteiger partial charge in [-0.05, 0) is 39.5 Å². The molecule has 5 nitrogen and oxygen atoms in total. The van der Waals surface area contributed by atoms with Crippen LogP contribution in [0.15, 0.2) is 0 Å². The summed E-state index contributed by atoms with van der Waals surface area (Å²) in [4.78, 5) is 13.5. The molecule has 0 radical (unpaired) electrons. The van der Waals surface area contributed by atoms with Gasteiger partial charge in [0.2, 0.25) is 0 Å². The van der Waals surface area contributed by atoms with E-state index in [0.717, 1.165) is 12.8 Å². The molecule has 2 fully saturated rings. The Hall–Kier alpha value is -1.28. The number of hydrogen-bond donors (Lipinski definition) is 1. The second-order valence-corrected chi connectivity index (χ2v) is 7.25. The van der Waals surface area contributed by atoms with Gasteiger partial charge in [-0.2, -0.15) is 5.26 Å². The molecule has 2 rings (SSSR count). The Morgan fingerprint density at radius 3 is 2.43 bits per heavy atom. The molecule has 5 heteroatoms. The topological polar surface area (TPSA) is 65.4 Å². The Kier molecular flexibility index (Phi) is 5.10. The maximum atomic E-state index is 11.9. The minimum absolute atomic E-state index is 0.0731. The molecule has 0 aromatic rings. The number of amides is 1. The second-order valence-electron chi connectivity index (χ2n) is 7.25. The van der Waals surface area contributed by atoms with Gasteiger partial charge in [0, 0.05) is 19.1 Å². The zero-order valence-electron chi connectivity index (χ0n) is 13.4. The van der Waals surface area contributed by atoms with Crippen LogP contribution in [0.25, 0.3) is 0 Å². The Morgan fingerprint density at radius 1 is 1.29 bits per heavy atom. The van der Waals surface area contributed by atoms with Crippen LogP contribution in [-0.2, 0) is 4.74 Å². The van der Waals surface area contributed by atoms with E-state index in [1.807, 2.05) is 20.8 Å². The van der Waals surface area contributed by atoms with Crippen LogP contribution in [0.1, 0.15) is 52.9 Å². The Balaban J connectivity index is 1.74. The third kappa shape index (κ3) is 4.60. The van der Waals surface area contributed by atoms with Crippen LogP contribution in [-0.4, -0.2) is 41.8 Å². The van der Waals surface area contributed by atoms with Crippen molar-refractivity contribution in [3.05, 3.63) is 0 Å². The maximum absolute atomic E-state index is 11.9. The number of rotatable bonds is 3. The first-order valence-electron chi connectivity index (χ1n) is 8.02. The molecule has 1 saturated heterocycles. The van der Waals surface area contributed by atoms with E-state index in [4.69, 9.17) is 4.74 Å². The fourth-order valence-electron chi connectivity index (χ4n) is 3.06. The molecule has 118 valence electrons.